The van der Waals surface area contributed by atoms with Crippen LogP contribution in [0.4, 0.5) is 0 Å². The lowest BCUT2D eigenvalue weighted by Gasteiger charge is -2.11. The second-order valence-electron chi connectivity index (χ2n) is 6.01. The highest BCUT2D eigenvalue weighted by Gasteiger charge is 2.10. The Balaban J connectivity index is 1.98. The molecule has 0 spiro atoms. The van der Waals surface area contributed by atoms with Gasteiger partial charge in [-0.25, -0.2) is 4.79 Å². The van der Waals surface area contributed by atoms with Gasteiger partial charge in [0.25, 0.3) is 0 Å². The highest BCUT2D eigenvalue weighted by molar-refractivity contribution is 5.83. The third-order valence-electron chi connectivity index (χ3n) is 4.39. The number of aryl methyl sites for hydroxylation is 4. The van der Waals surface area contributed by atoms with Gasteiger partial charge in [-0.1, -0.05) is 18.2 Å². The largest absolute Gasteiger partial charge is 0.489 e. The molecule has 0 N–H and O–H groups in total. The van der Waals surface area contributed by atoms with Gasteiger partial charge in [-0.2, -0.15) is 0 Å². The molecule has 1 heterocycles. The van der Waals surface area contributed by atoms with Crippen LogP contribution in [0.1, 0.15) is 27.8 Å². The first-order valence-electron chi connectivity index (χ1n) is 7.68. The van der Waals surface area contributed by atoms with E-state index >= 15 is 0 Å². The van der Waals surface area contributed by atoms with Gasteiger partial charge in [-0.3, -0.25) is 0 Å². The molecule has 3 heteroatoms. The second kappa shape index (κ2) is 5.92. The first kappa shape index (κ1) is 15.3. The quantitative estimate of drug-likeness (QED) is 0.663. The topological polar surface area (TPSA) is 39.4 Å². The maximum absolute atomic E-state index is 11.9. The Morgan fingerprint density at radius 3 is 2.39 bits per heavy atom. The summed E-state index contributed by atoms with van der Waals surface area (Å²) >= 11 is 0. The van der Waals surface area contributed by atoms with Crippen molar-refractivity contribution in [2.45, 2.75) is 34.3 Å². The molecule has 3 rings (SSSR count). The van der Waals surface area contributed by atoms with E-state index in [2.05, 4.69) is 13.8 Å². The lowest BCUT2D eigenvalue weighted by molar-refractivity contribution is 0.306. The van der Waals surface area contributed by atoms with Crippen molar-refractivity contribution in [1.29, 1.82) is 0 Å². The molecular weight excluding hydrogens is 288 g/mol. The predicted octanol–water partition coefficient (Wildman–Crippen LogP) is 4.61. The van der Waals surface area contributed by atoms with Crippen LogP contribution in [0.3, 0.4) is 0 Å². The lowest BCUT2D eigenvalue weighted by Crippen LogP contribution is -2.05. The van der Waals surface area contributed by atoms with E-state index in [-0.39, 0.29) is 5.63 Å². The molecule has 0 saturated heterocycles. The summed E-state index contributed by atoms with van der Waals surface area (Å²) in [6.07, 6.45) is 0. The van der Waals surface area contributed by atoms with Crippen molar-refractivity contribution in [2.24, 2.45) is 0 Å². The van der Waals surface area contributed by atoms with E-state index in [1.807, 2.05) is 44.2 Å². The van der Waals surface area contributed by atoms with Gasteiger partial charge < -0.3 is 9.15 Å². The van der Waals surface area contributed by atoms with Crippen molar-refractivity contribution in [1.82, 2.24) is 0 Å². The molecule has 23 heavy (non-hydrogen) atoms. The van der Waals surface area contributed by atoms with Gasteiger partial charge in [-0.05, 0) is 62.1 Å². The smallest absolute Gasteiger partial charge is 0.336 e. The summed E-state index contributed by atoms with van der Waals surface area (Å²) in [6, 6.07) is 11.5. The third-order valence-corrected chi connectivity index (χ3v) is 4.39. The summed E-state index contributed by atoms with van der Waals surface area (Å²) in [5.41, 5.74) is 5.67. The zero-order valence-corrected chi connectivity index (χ0v) is 13.9. The van der Waals surface area contributed by atoms with E-state index in [0.29, 0.717) is 12.2 Å². The van der Waals surface area contributed by atoms with Crippen LogP contribution in [0, 0.1) is 27.7 Å². The van der Waals surface area contributed by atoms with Crippen LogP contribution in [0.5, 0.6) is 5.75 Å². The predicted molar refractivity (Wildman–Crippen MR) is 92.2 cm³/mol. The standard InChI is InChI=1S/C20H20O3/c1-12-5-7-17(9-14(12)3)22-11-16-10-19(21)23-20-15(4)13(2)6-8-18(16)20/h5-10H,11H2,1-4H3. The maximum atomic E-state index is 11.9. The Kier molecular flexibility index (Phi) is 3.95. The van der Waals surface area contributed by atoms with E-state index in [1.54, 1.807) is 0 Å². The van der Waals surface area contributed by atoms with Crippen LogP contribution in [-0.4, -0.2) is 0 Å². The zero-order valence-electron chi connectivity index (χ0n) is 13.9. The summed E-state index contributed by atoms with van der Waals surface area (Å²) < 4.78 is 11.3. The number of ether oxygens (including phenoxy) is 1. The Labute approximate surface area is 135 Å². The molecule has 3 aromatic rings. The molecule has 2 aromatic carbocycles. The van der Waals surface area contributed by atoms with E-state index in [1.165, 1.54) is 17.2 Å². The zero-order chi connectivity index (χ0) is 16.6. The molecule has 0 bridgehead atoms. The van der Waals surface area contributed by atoms with E-state index in [9.17, 15) is 4.79 Å². The molecular formula is C20H20O3. The van der Waals surface area contributed by atoms with Crippen LogP contribution in [0.25, 0.3) is 11.0 Å². The van der Waals surface area contributed by atoms with Crippen molar-refractivity contribution >= 4 is 11.0 Å². The van der Waals surface area contributed by atoms with Crippen LogP contribution in [0.15, 0.2) is 45.6 Å². The Morgan fingerprint density at radius 1 is 0.913 bits per heavy atom. The number of benzene rings is 2. The average molecular weight is 308 g/mol. The number of rotatable bonds is 3. The molecule has 1 aromatic heterocycles. The first-order chi connectivity index (χ1) is 11.0. The fourth-order valence-corrected chi connectivity index (χ4v) is 2.61. The van der Waals surface area contributed by atoms with Gasteiger partial charge in [0.05, 0.1) is 0 Å². The minimum atomic E-state index is -0.343. The molecule has 118 valence electrons. The van der Waals surface area contributed by atoms with Gasteiger partial charge in [0.15, 0.2) is 0 Å². The number of hydrogen-bond donors (Lipinski definition) is 0. The van der Waals surface area contributed by atoms with Gasteiger partial charge in [0, 0.05) is 17.0 Å². The van der Waals surface area contributed by atoms with Crippen LogP contribution >= 0.6 is 0 Å². The number of hydrogen-bond acceptors (Lipinski definition) is 3. The molecule has 0 atom stereocenters. The molecule has 3 nitrogen and oxygen atoms in total. The molecule has 0 amide bonds. The van der Waals surface area contributed by atoms with E-state index < -0.39 is 0 Å². The van der Waals surface area contributed by atoms with Gasteiger partial charge in [-0.15, -0.1) is 0 Å². The van der Waals surface area contributed by atoms with Crippen LogP contribution < -0.4 is 10.4 Å². The van der Waals surface area contributed by atoms with Gasteiger partial charge in [0.2, 0.25) is 0 Å². The highest BCUT2D eigenvalue weighted by atomic mass is 16.5. The Hall–Kier alpha value is -2.55. The highest BCUT2D eigenvalue weighted by Crippen LogP contribution is 2.24. The summed E-state index contributed by atoms with van der Waals surface area (Å²) in [4.78, 5) is 11.9. The molecule has 0 aliphatic carbocycles. The SMILES string of the molecule is Cc1ccc(OCc2cc(=O)oc3c(C)c(C)ccc23)cc1C. The monoisotopic (exact) mass is 308 g/mol. The Morgan fingerprint density at radius 2 is 1.65 bits per heavy atom. The lowest BCUT2D eigenvalue weighted by atomic mass is 10.0. The van der Waals surface area contributed by atoms with Crippen LogP contribution in [0.2, 0.25) is 0 Å². The summed E-state index contributed by atoms with van der Waals surface area (Å²) in [7, 11) is 0. The van der Waals surface area contributed by atoms with E-state index in [0.717, 1.165) is 27.8 Å². The number of fused-ring (bicyclic) bond motifs is 1. The van der Waals surface area contributed by atoms with Crippen molar-refractivity contribution in [2.75, 3.05) is 0 Å². The molecule has 0 saturated carbocycles. The van der Waals surface area contributed by atoms with Crippen molar-refractivity contribution in [3.8, 4) is 5.75 Å². The van der Waals surface area contributed by atoms with E-state index in [4.69, 9.17) is 9.15 Å². The van der Waals surface area contributed by atoms with Crippen LogP contribution in [-0.2, 0) is 6.61 Å². The summed E-state index contributed by atoms with van der Waals surface area (Å²) in [6.45, 7) is 8.44. The maximum Gasteiger partial charge on any atom is 0.336 e. The minimum absolute atomic E-state index is 0.340. The summed E-state index contributed by atoms with van der Waals surface area (Å²) in [5, 5.41) is 0.927. The first-order valence-corrected chi connectivity index (χ1v) is 7.68. The minimum Gasteiger partial charge on any atom is -0.489 e. The van der Waals surface area contributed by atoms with Crippen molar-refractivity contribution in [3.63, 3.8) is 0 Å². The molecule has 0 unspecified atom stereocenters. The molecule has 0 aliphatic rings. The van der Waals surface area contributed by atoms with Gasteiger partial charge in [0.1, 0.15) is 17.9 Å². The van der Waals surface area contributed by atoms with Crippen molar-refractivity contribution in [3.05, 3.63) is 74.6 Å². The molecule has 0 fully saturated rings. The fourth-order valence-electron chi connectivity index (χ4n) is 2.61. The normalized spacial score (nSPS) is 11.0. The van der Waals surface area contributed by atoms with Crippen molar-refractivity contribution < 1.29 is 9.15 Å². The van der Waals surface area contributed by atoms with Gasteiger partial charge >= 0.3 is 5.63 Å². The Bertz CT molecular complexity index is 936. The molecule has 0 aliphatic heterocycles. The average Bonchev–Trinajstić information content (AvgIpc) is 2.52. The third kappa shape index (κ3) is 3.00. The fraction of sp³-hybridized carbons (Fsp3) is 0.250. The molecule has 0 radical (unpaired) electrons. The summed E-state index contributed by atoms with van der Waals surface area (Å²) in [5.74, 6) is 0.804. The second-order valence-corrected chi connectivity index (χ2v) is 6.01.